The quantitative estimate of drug-likeness (QED) is 0.237. The topological polar surface area (TPSA) is 106 Å². The first-order chi connectivity index (χ1) is 17.3. The zero-order chi connectivity index (χ0) is 25.9. The van der Waals surface area contributed by atoms with Crippen molar-refractivity contribution in [3.63, 3.8) is 0 Å². The largest absolute Gasteiger partial charge is 1.00 e. The van der Waals surface area contributed by atoms with Gasteiger partial charge in [-0.2, -0.15) is 0 Å². The molecular formula is C28H20F2N2Na2O4. The fourth-order valence-electron chi connectivity index (χ4n) is 3.21. The Bertz CT molecular complexity index is 1370. The monoisotopic (exact) mass is 532 g/mol. The molecule has 0 saturated heterocycles. The smallest absolute Gasteiger partial charge is 0.545 e. The molecule has 0 radical (unpaired) electrons. The molecule has 2 aromatic heterocycles. The number of pyridine rings is 2. The van der Waals surface area contributed by atoms with Gasteiger partial charge in [0.15, 0.2) is 0 Å². The molecule has 0 spiro atoms. The minimum Gasteiger partial charge on any atom is -0.545 e. The Balaban J connectivity index is 0.000000361. The second-order valence-electron chi connectivity index (χ2n) is 7.52. The van der Waals surface area contributed by atoms with Gasteiger partial charge in [-0.25, -0.2) is 8.78 Å². The number of hydrogen-bond acceptors (Lipinski definition) is 6. The van der Waals surface area contributed by atoms with Crippen molar-refractivity contribution >= 4 is 24.1 Å². The molecule has 4 aromatic rings. The van der Waals surface area contributed by atoms with Crippen molar-refractivity contribution in [2.75, 3.05) is 0 Å². The number of aromatic nitrogens is 2. The second kappa shape index (κ2) is 17.0. The molecule has 38 heavy (non-hydrogen) atoms. The predicted octanol–water partition coefficient (Wildman–Crippen LogP) is -2.87. The molecule has 0 N–H and O–H groups in total. The Morgan fingerprint density at radius 3 is 1.79 bits per heavy atom. The molecule has 2 aromatic carbocycles. The summed E-state index contributed by atoms with van der Waals surface area (Å²) in [7, 11) is 0. The maximum atomic E-state index is 12.7. The number of benzene rings is 2. The summed E-state index contributed by atoms with van der Waals surface area (Å²) in [5.74, 6) is -3.11. The summed E-state index contributed by atoms with van der Waals surface area (Å²) >= 11 is 0. The van der Waals surface area contributed by atoms with E-state index in [4.69, 9.17) is 0 Å². The standard InChI is InChI=1S/C14H12FNO2.C14H10FNO2.2Na/c2*15-11-6-3-10(4-7-11)5-8-13-12(14(17)18)2-1-9-16-13;;/h1-4,6-7,9H,5,8H2,(H,17,18);1-9H,(H,17,18);;/q;;2*+1/p-2/b;8-5+;;. The van der Waals surface area contributed by atoms with Crippen LogP contribution in [-0.2, 0) is 12.8 Å². The van der Waals surface area contributed by atoms with Crippen LogP contribution in [0.25, 0.3) is 12.2 Å². The average Bonchev–Trinajstić information content (AvgIpc) is 2.88. The van der Waals surface area contributed by atoms with Gasteiger partial charge in [0, 0.05) is 29.2 Å². The van der Waals surface area contributed by atoms with Crippen molar-refractivity contribution in [2.24, 2.45) is 0 Å². The summed E-state index contributed by atoms with van der Waals surface area (Å²) in [5.41, 5.74) is 2.62. The third kappa shape index (κ3) is 10.6. The molecule has 0 amide bonds. The third-order valence-electron chi connectivity index (χ3n) is 5.04. The molecular weight excluding hydrogens is 512 g/mol. The van der Waals surface area contributed by atoms with Crippen LogP contribution < -0.4 is 69.3 Å². The van der Waals surface area contributed by atoms with Crippen molar-refractivity contribution in [3.8, 4) is 0 Å². The van der Waals surface area contributed by atoms with Crippen molar-refractivity contribution in [1.82, 2.24) is 9.97 Å². The number of nitrogens with zero attached hydrogens (tertiary/aromatic N) is 2. The zero-order valence-electron chi connectivity index (χ0n) is 20.9. The molecule has 0 aliphatic rings. The van der Waals surface area contributed by atoms with Crippen LogP contribution in [0.15, 0.2) is 85.2 Å². The van der Waals surface area contributed by atoms with E-state index in [1.807, 2.05) is 0 Å². The van der Waals surface area contributed by atoms with Crippen LogP contribution in [0.3, 0.4) is 0 Å². The Morgan fingerprint density at radius 2 is 1.21 bits per heavy atom. The third-order valence-corrected chi connectivity index (χ3v) is 5.04. The number of carboxylic acid groups (broad SMARTS) is 2. The first-order valence-corrected chi connectivity index (χ1v) is 10.8. The fourth-order valence-corrected chi connectivity index (χ4v) is 3.21. The molecule has 4 rings (SSSR count). The SMILES string of the molecule is O=C([O-])c1cccnc1/C=C/c1ccc(F)cc1.O=C([O-])c1cccnc1CCc1ccc(F)cc1.[Na+].[Na+]. The molecule has 182 valence electrons. The van der Waals surface area contributed by atoms with Gasteiger partial charge in [0.2, 0.25) is 0 Å². The van der Waals surface area contributed by atoms with E-state index in [1.54, 1.807) is 48.7 Å². The molecule has 2 heterocycles. The van der Waals surface area contributed by atoms with Crippen LogP contribution in [0.4, 0.5) is 8.78 Å². The predicted molar refractivity (Wildman–Crippen MR) is 126 cm³/mol. The van der Waals surface area contributed by atoms with Crippen LogP contribution in [0, 0.1) is 11.6 Å². The molecule has 0 bridgehead atoms. The van der Waals surface area contributed by atoms with Crippen molar-refractivity contribution in [3.05, 3.63) is 130 Å². The van der Waals surface area contributed by atoms with Crippen LogP contribution in [-0.4, -0.2) is 21.9 Å². The molecule has 6 nitrogen and oxygen atoms in total. The summed E-state index contributed by atoms with van der Waals surface area (Å²) in [4.78, 5) is 29.7. The molecule has 0 aliphatic carbocycles. The maximum absolute atomic E-state index is 12.7. The van der Waals surface area contributed by atoms with E-state index in [0.29, 0.717) is 24.2 Å². The molecule has 0 saturated carbocycles. The van der Waals surface area contributed by atoms with E-state index >= 15 is 0 Å². The van der Waals surface area contributed by atoms with Gasteiger partial charge in [-0.1, -0.05) is 30.3 Å². The van der Waals surface area contributed by atoms with Gasteiger partial charge in [-0.15, -0.1) is 0 Å². The molecule has 10 heteroatoms. The minimum atomic E-state index is -1.28. The van der Waals surface area contributed by atoms with Crippen molar-refractivity contribution in [2.45, 2.75) is 12.8 Å². The molecule has 0 aliphatic heterocycles. The Labute approximate surface area is 263 Å². The average molecular weight is 532 g/mol. The number of aryl methyl sites for hydroxylation is 2. The number of carboxylic acids is 2. The van der Waals surface area contributed by atoms with Gasteiger partial charge in [0.25, 0.3) is 0 Å². The van der Waals surface area contributed by atoms with Gasteiger partial charge in [0.1, 0.15) is 11.6 Å². The minimum absolute atomic E-state index is 0. The summed E-state index contributed by atoms with van der Waals surface area (Å²) in [6.07, 6.45) is 7.35. The number of carbonyl (C=O) groups is 2. The van der Waals surface area contributed by atoms with Gasteiger partial charge in [-0.3, -0.25) is 9.97 Å². The maximum Gasteiger partial charge on any atom is 1.00 e. The van der Waals surface area contributed by atoms with E-state index in [1.165, 1.54) is 48.7 Å². The summed E-state index contributed by atoms with van der Waals surface area (Å²) in [5, 5.41) is 21.7. The van der Waals surface area contributed by atoms with Gasteiger partial charge in [-0.05, 0) is 78.6 Å². The number of halogens is 2. The molecule has 0 fully saturated rings. The Hall–Kier alpha value is -2.72. The van der Waals surface area contributed by atoms with Crippen molar-refractivity contribution < 1.29 is 87.7 Å². The van der Waals surface area contributed by atoms with Crippen LogP contribution in [0.2, 0.25) is 0 Å². The van der Waals surface area contributed by atoms with E-state index in [2.05, 4.69) is 9.97 Å². The first-order valence-electron chi connectivity index (χ1n) is 10.8. The van der Waals surface area contributed by atoms with Gasteiger partial charge >= 0.3 is 59.1 Å². The number of carbonyl (C=O) groups excluding carboxylic acids is 2. The molecule has 0 atom stereocenters. The van der Waals surface area contributed by atoms with E-state index in [-0.39, 0.29) is 81.9 Å². The summed E-state index contributed by atoms with van der Waals surface area (Å²) in [6, 6.07) is 18.0. The molecule has 0 unspecified atom stereocenters. The fraction of sp³-hybridized carbons (Fsp3) is 0.0714. The number of hydrogen-bond donors (Lipinski definition) is 0. The van der Waals surface area contributed by atoms with Crippen molar-refractivity contribution in [1.29, 1.82) is 0 Å². The number of aromatic carboxylic acids is 2. The Kier molecular flexibility index (Phi) is 14.9. The van der Waals surface area contributed by atoms with Gasteiger partial charge < -0.3 is 19.8 Å². The summed E-state index contributed by atoms with van der Waals surface area (Å²) < 4.78 is 25.4. The van der Waals surface area contributed by atoms with E-state index in [0.717, 1.165) is 11.1 Å². The normalized spacial score (nSPS) is 9.95. The second-order valence-corrected chi connectivity index (χ2v) is 7.52. The van der Waals surface area contributed by atoms with E-state index < -0.39 is 11.9 Å². The Morgan fingerprint density at radius 1 is 0.684 bits per heavy atom. The summed E-state index contributed by atoms with van der Waals surface area (Å²) in [6.45, 7) is 0. The van der Waals surface area contributed by atoms with Crippen LogP contribution >= 0.6 is 0 Å². The zero-order valence-corrected chi connectivity index (χ0v) is 24.9. The first kappa shape index (κ1) is 33.3. The number of rotatable bonds is 7. The van der Waals surface area contributed by atoms with Gasteiger partial charge in [0.05, 0.1) is 17.6 Å². The van der Waals surface area contributed by atoms with Crippen LogP contribution in [0.5, 0.6) is 0 Å². The van der Waals surface area contributed by atoms with E-state index in [9.17, 15) is 28.6 Å². The van der Waals surface area contributed by atoms with Crippen LogP contribution in [0.1, 0.15) is 43.2 Å².